The van der Waals surface area contributed by atoms with Crippen molar-refractivity contribution in [3.05, 3.63) is 30.4 Å². The van der Waals surface area contributed by atoms with Gasteiger partial charge in [-0.05, 0) is 31.2 Å². The Hall–Kier alpha value is -2.04. The molecule has 0 aromatic carbocycles. The zero-order chi connectivity index (χ0) is 13.9. The molecule has 1 fully saturated rings. The van der Waals surface area contributed by atoms with Crippen molar-refractivity contribution in [2.45, 2.75) is 26.7 Å². The minimum absolute atomic E-state index is 0.627. The summed E-state index contributed by atoms with van der Waals surface area (Å²) in [5.74, 6) is 2.40. The number of nitrogens with zero attached hydrogens (tertiary/aromatic N) is 5. The standard InChI is InChI=1S/C15H19N5/c1-11-3-5-20(6-4-11)14-10-16-13(9-17-14)15-18-7-12(2)8-19-15/h7-11H,3-6H2,1-2H3. The molecule has 0 radical (unpaired) electrons. The van der Waals surface area contributed by atoms with Gasteiger partial charge in [0, 0.05) is 25.5 Å². The molecule has 104 valence electrons. The van der Waals surface area contributed by atoms with Crippen molar-refractivity contribution in [1.82, 2.24) is 19.9 Å². The van der Waals surface area contributed by atoms with Crippen LogP contribution in [0.4, 0.5) is 5.82 Å². The lowest BCUT2D eigenvalue weighted by atomic mass is 9.99. The first-order chi connectivity index (χ1) is 9.72. The molecule has 1 aliphatic rings. The lowest BCUT2D eigenvalue weighted by Gasteiger charge is -2.30. The number of aryl methyl sites for hydroxylation is 1. The van der Waals surface area contributed by atoms with Crippen LogP contribution in [0.25, 0.3) is 11.5 Å². The molecular formula is C15H19N5. The highest BCUT2D eigenvalue weighted by molar-refractivity contribution is 5.49. The fourth-order valence-electron chi connectivity index (χ4n) is 2.36. The largest absolute Gasteiger partial charge is 0.355 e. The molecule has 0 unspecified atom stereocenters. The maximum absolute atomic E-state index is 4.51. The molecule has 0 saturated carbocycles. The third kappa shape index (κ3) is 2.76. The first-order valence-electron chi connectivity index (χ1n) is 7.08. The number of anilines is 1. The summed E-state index contributed by atoms with van der Waals surface area (Å²) >= 11 is 0. The summed E-state index contributed by atoms with van der Waals surface area (Å²) in [4.78, 5) is 19.8. The van der Waals surface area contributed by atoms with Gasteiger partial charge in [-0.2, -0.15) is 0 Å². The van der Waals surface area contributed by atoms with Crippen molar-refractivity contribution in [3.8, 4) is 11.5 Å². The van der Waals surface area contributed by atoms with Gasteiger partial charge in [0.05, 0.1) is 12.4 Å². The molecule has 1 saturated heterocycles. The molecule has 0 amide bonds. The maximum atomic E-state index is 4.51. The lowest BCUT2D eigenvalue weighted by Crippen LogP contribution is -2.33. The number of hydrogen-bond donors (Lipinski definition) is 0. The quantitative estimate of drug-likeness (QED) is 0.838. The number of piperidine rings is 1. The molecule has 5 nitrogen and oxygen atoms in total. The summed E-state index contributed by atoms with van der Waals surface area (Å²) in [6.07, 6.45) is 9.63. The topological polar surface area (TPSA) is 54.8 Å². The fraction of sp³-hybridized carbons (Fsp3) is 0.467. The Labute approximate surface area is 119 Å². The van der Waals surface area contributed by atoms with Gasteiger partial charge in [-0.15, -0.1) is 0 Å². The highest BCUT2D eigenvalue weighted by atomic mass is 15.2. The van der Waals surface area contributed by atoms with E-state index in [0.29, 0.717) is 5.82 Å². The number of hydrogen-bond acceptors (Lipinski definition) is 5. The molecule has 0 bridgehead atoms. The summed E-state index contributed by atoms with van der Waals surface area (Å²) in [6, 6.07) is 0. The van der Waals surface area contributed by atoms with E-state index in [0.717, 1.165) is 36.1 Å². The van der Waals surface area contributed by atoms with Crippen molar-refractivity contribution < 1.29 is 0 Å². The minimum atomic E-state index is 0.627. The van der Waals surface area contributed by atoms with Crippen LogP contribution in [0.2, 0.25) is 0 Å². The summed E-state index contributed by atoms with van der Waals surface area (Å²) in [7, 11) is 0. The fourth-order valence-corrected chi connectivity index (χ4v) is 2.36. The van der Waals surface area contributed by atoms with Crippen LogP contribution in [-0.2, 0) is 0 Å². The zero-order valence-electron chi connectivity index (χ0n) is 12.0. The van der Waals surface area contributed by atoms with E-state index in [9.17, 15) is 0 Å². The number of aromatic nitrogens is 4. The van der Waals surface area contributed by atoms with Crippen LogP contribution in [0.1, 0.15) is 25.3 Å². The first kappa shape index (κ1) is 13.0. The van der Waals surface area contributed by atoms with E-state index in [1.54, 1.807) is 18.6 Å². The van der Waals surface area contributed by atoms with E-state index in [1.165, 1.54) is 12.8 Å². The molecule has 20 heavy (non-hydrogen) atoms. The predicted octanol–water partition coefficient (Wildman–Crippen LogP) is 2.48. The summed E-state index contributed by atoms with van der Waals surface area (Å²) in [5, 5.41) is 0. The van der Waals surface area contributed by atoms with Crippen LogP contribution in [0.15, 0.2) is 24.8 Å². The van der Waals surface area contributed by atoms with E-state index >= 15 is 0 Å². The lowest BCUT2D eigenvalue weighted by molar-refractivity contribution is 0.436. The molecule has 2 aromatic heterocycles. The van der Waals surface area contributed by atoms with Gasteiger partial charge in [-0.3, -0.25) is 0 Å². The molecule has 5 heteroatoms. The molecule has 0 spiro atoms. The summed E-state index contributed by atoms with van der Waals surface area (Å²) in [6.45, 7) is 6.41. The Kier molecular flexibility index (Phi) is 3.58. The molecule has 3 heterocycles. The monoisotopic (exact) mass is 269 g/mol. The van der Waals surface area contributed by atoms with E-state index in [4.69, 9.17) is 0 Å². The Balaban J connectivity index is 1.76. The molecule has 2 aromatic rings. The summed E-state index contributed by atoms with van der Waals surface area (Å²) in [5.41, 5.74) is 1.76. The van der Waals surface area contributed by atoms with Gasteiger partial charge in [0.25, 0.3) is 0 Å². The van der Waals surface area contributed by atoms with Crippen LogP contribution >= 0.6 is 0 Å². The SMILES string of the molecule is Cc1cnc(-c2cnc(N3CCC(C)CC3)cn2)nc1. The van der Waals surface area contributed by atoms with Crippen LogP contribution in [0.3, 0.4) is 0 Å². The number of rotatable bonds is 2. The van der Waals surface area contributed by atoms with Crippen LogP contribution in [0, 0.1) is 12.8 Å². The smallest absolute Gasteiger partial charge is 0.179 e. The van der Waals surface area contributed by atoms with Gasteiger partial charge in [0.15, 0.2) is 5.82 Å². The van der Waals surface area contributed by atoms with Gasteiger partial charge in [-0.1, -0.05) is 6.92 Å². The van der Waals surface area contributed by atoms with Gasteiger partial charge in [0.1, 0.15) is 11.5 Å². The van der Waals surface area contributed by atoms with E-state index in [1.807, 2.05) is 13.1 Å². The third-order valence-corrected chi connectivity index (χ3v) is 3.76. The Morgan fingerprint density at radius 1 is 0.950 bits per heavy atom. The Morgan fingerprint density at radius 2 is 1.65 bits per heavy atom. The van der Waals surface area contributed by atoms with E-state index < -0.39 is 0 Å². The second kappa shape index (κ2) is 5.53. The molecule has 0 N–H and O–H groups in total. The average molecular weight is 269 g/mol. The molecule has 1 aliphatic heterocycles. The highest BCUT2D eigenvalue weighted by Gasteiger charge is 2.17. The van der Waals surface area contributed by atoms with Crippen LogP contribution in [0.5, 0.6) is 0 Å². The molecular weight excluding hydrogens is 250 g/mol. The predicted molar refractivity (Wildman–Crippen MR) is 78.4 cm³/mol. The van der Waals surface area contributed by atoms with Crippen LogP contribution < -0.4 is 4.90 Å². The molecule has 0 aliphatic carbocycles. The Bertz CT molecular complexity index is 556. The van der Waals surface area contributed by atoms with Gasteiger partial charge in [-0.25, -0.2) is 19.9 Å². The molecule has 0 atom stereocenters. The minimum Gasteiger partial charge on any atom is -0.355 e. The van der Waals surface area contributed by atoms with Crippen molar-refractivity contribution in [2.24, 2.45) is 5.92 Å². The van der Waals surface area contributed by atoms with Crippen molar-refractivity contribution >= 4 is 5.82 Å². The van der Waals surface area contributed by atoms with Gasteiger partial charge < -0.3 is 4.90 Å². The zero-order valence-corrected chi connectivity index (χ0v) is 12.0. The first-order valence-corrected chi connectivity index (χ1v) is 7.08. The van der Waals surface area contributed by atoms with Crippen LogP contribution in [-0.4, -0.2) is 33.0 Å². The highest BCUT2D eigenvalue weighted by Crippen LogP contribution is 2.21. The van der Waals surface area contributed by atoms with Crippen molar-refractivity contribution in [3.63, 3.8) is 0 Å². The van der Waals surface area contributed by atoms with Gasteiger partial charge in [0.2, 0.25) is 0 Å². The van der Waals surface area contributed by atoms with Crippen molar-refractivity contribution in [2.75, 3.05) is 18.0 Å². The average Bonchev–Trinajstić information content (AvgIpc) is 2.49. The molecule has 3 rings (SSSR count). The van der Waals surface area contributed by atoms with Gasteiger partial charge >= 0.3 is 0 Å². The van der Waals surface area contributed by atoms with Crippen molar-refractivity contribution in [1.29, 1.82) is 0 Å². The van der Waals surface area contributed by atoms with E-state index in [2.05, 4.69) is 31.8 Å². The Morgan fingerprint density at radius 3 is 2.25 bits per heavy atom. The maximum Gasteiger partial charge on any atom is 0.179 e. The second-order valence-electron chi connectivity index (χ2n) is 5.51. The third-order valence-electron chi connectivity index (χ3n) is 3.76. The summed E-state index contributed by atoms with van der Waals surface area (Å²) < 4.78 is 0. The van der Waals surface area contributed by atoms with E-state index in [-0.39, 0.29) is 0 Å². The second-order valence-corrected chi connectivity index (χ2v) is 5.51. The normalized spacial score (nSPS) is 16.4.